The van der Waals surface area contributed by atoms with Crippen molar-refractivity contribution in [3.63, 3.8) is 0 Å². The van der Waals surface area contributed by atoms with E-state index in [0.29, 0.717) is 31.1 Å². The zero-order chi connectivity index (χ0) is 20.5. The number of likely N-dealkylation sites (tertiary alicyclic amines) is 1. The lowest BCUT2D eigenvalue weighted by molar-refractivity contribution is -0.120. The maximum absolute atomic E-state index is 12.3. The third kappa shape index (κ3) is 6.57. The minimum atomic E-state index is -0.140. The SMILES string of the molecule is CC1CCCCN1CCCCNC(=O)CCNC(=O)c1ccc2ccccc2c1. The fourth-order valence-corrected chi connectivity index (χ4v) is 3.97. The molecule has 0 bridgehead atoms. The first-order chi connectivity index (χ1) is 14.1. The molecular weight excluding hydrogens is 362 g/mol. The molecule has 5 nitrogen and oxygen atoms in total. The maximum Gasteiger partial charge on any atom is 0.251 e. The molecule has 2 aromatic carbocycles. The summed E-state index contributed by atoms with van der Waals surface area (Å²) in [5, 5.41) is 7.95. The van der Waals surface area contributed by atoms with Gasteiger partial charge in [-0.15, -0.1) is 0 Å². The monoisotopic (exact) mass is 395 g/mol. The summed E-state index contributed by atoms with van der Waals surface area (Å²) in [5.74, 6) is -0.144. The number of fused-ring (bicyclic) bond motifs is 1. The molecule has 3 rings (SSSR count). The molecule has 1 saturated heterocycles. The van der Waals surface area contributed by atoms with Crippen molar-refractivity contribution in [3.8, 4) is 0 Å². The normalized spacial score (nSPS) is 17.2. The Morgan fingerprint density at radius 3 is 2.66 bits per heavy atom. The predicted molar refractivity (Wildman–Crippen MR) is 118 cm³/mol. The first-order valence-electron chi connectivity index (χ1n) is 10.9. The smallest absolute Gasteiger partial charge is 0.251 e. The van der Waals surface area contributed by atoms with Gasteiger partial charge in [0.25, 0.3) is 5.91 Å². The highest BCUT2D eigenvalue weighted by Gasteiger charge is 2.17. The minimum Gasteiger partial charge on any atom is -0.356 e. The predicted octanol–water partition coefficient (Wildman–Crippen LogP) is 3.73. The number of carbonyl (C=O) groups is 2. The van der Waals surface area contributed by atoms with Gasteiger partial charge in [-0.25, -0.2) is 0 Å². The number of nitrogens with zero attached hydrogens (tertiary/aromatic N) is 1. The number of carbonyl (C=O) groups excluding carboxylic acids is 2. The van der Waals surface area contributed by atoms with Gasteiger partial charge in [0.15, 0.2) is 0 Å². The summed E-state index contributed by atoms with van der Waals surface area (Å²) in [4.78, 5) is 26.8. The Labute approximate surface area is 173 Å². The van der Waals surface area contributed by atoms with Gasteiger partial charge in [-0.2, -0.15) is 0 Å². The largest absolute Gasteiger partial charge is 0.356 e. The average molecular weight is 396 g/mol. The van der Waals surface area contributed by atoms with Crippen molar-refractivity contribution in [1.29, 1.82) is 0 Å². The van der Waals surface area contributed by atoms with Crippen LogP contribution in [0.25, 0.3) is 10.8 Å². The van der Waals surface area contributed by atoms with Crippen LogP contribution in [0.4, 0.5) is 0 Å². The Hall–Kier alpha value is -2.40. The Kier molecular flexibility index (Phi) is 8.05. The maximum atomic E-state index is 12.3. The summed E-state index contributed by atoms with van der Waals surface area (Å²) < 4.78 is 0. The third-order valence-corrected chi connectivity index (χ3v) is 5.78. The number of benzene rings is 2. The second-order valence-corrected chi connectivity index (χ2v) is 8.01. The minimum absolute atomic E-state index is 0.00449. The second-order valence-electron chi connectivity index (χ2n) is 8.01. The summed E-state index contributed by atoms with van der Waals surface area (Å²) >= 11 is 0. The summed E-state index contributed by atoms with van der Waals surface area (Å²) in [5.41, 5.74) is 0.621. The summed E-state index contributed by atoms with van der Waals surface area (Å²) in [7, 11) is 0. The first kappa shape index (κ1) is 21.3. The molecule has 5 heteroatoms. The van der Waals surface area contributed by atoms with E-state index in [1.165, 1.54) is 25.8 Å². The highest BCUT2D eigenvalue weighted by Crippen LogP contribution is 2.17. The molecule has 2 aromatic rings. The average Bonchev–Trinajstić information content (AvgIpc) is 2.74. The van der Waals surface area contributed by atoms with Crippen molar-refractivity contribution in [2.24, 2.45) is 0 Å². The third-order valence-electron chi connectivity index (χ3n) is 5.78. The molecule has 1 heterocycles. The van der Waals surface area contributed by atoms with Crippen LogP contribution in [0.2, 0.25) is 0 Å². The molecule has 1 unspecified atom stereocenters. The van der Waals surface area contributed by atoms with Crippen LogP contribution >= 0.6 is 0 Å². The van der Waals surface area contributed by atoms with Crippen LogP contribution in [0.15, 0.2) is 42.5 Å². The Morgan fingerprint density at radius 2 is 1.83 bits per heavy atom. The van der Waals surface area contributed by atoms with E-state index in [4.69, 9.17) is 0 Å². The zero-order valence-corrected chi connectivity index (χ0v) is 17.5. The summed E-state index contributed by atoms with van der Waals surface area (Å²) in [6.45, 7) is 5.71. The number of hydrogen-bond donors (Lipinski definition) is 2. The van der Waals surface area contributed by atoms with E-state index >= 15 is 0 Å². The number of hydrogen-bond acceptors (Lipinski definition) is 3. The number of rotatable bonds is 9. The molecule has 0 saturated carbocycles. The van der Waals surface area contributed by atoms with Crippen molar-refractivity contribution < 1.29 is 9.59 Å². The van der Waals surface area contributed by atoms with Gasteiger partial charge in [0.2, 0.25) is 5.91 Å². The first-order valence-corrected chi connectivity index (χ1v) is 10.9. The van der Waals surface area contributed by atoms with E-state index in [2.05, 4.69) is 22.5 Å². The number of piperidine rings is 1. The van der Waals surface area contributed by atoms with Gasteiger partial charge in [0.1, 0.15) is 0 Å². The quantitative estimate of drug-likeness (QED) is 0.636. The van der Waals surface area contributed by atoms with Gasteiger partial charge >= 0.3 is 0 Å². The molecule has 0 spiro atoms. The zero-order valence-electron chi connectivity index (χ0n) is 17.5. The van der Waals surface area contributed by atoms with E-state index < -0.39 is 0 Å². The number of unbranched alkanes of at least 4 members (excludes halogenated alkanes) is 1. The fourth-order valence-electron chi connectivity index (χ4n) is 3.97. The lowest BCUT2D eigenvalue weighted by Crippen LogP contribution is -2.38. The van der Waals surface area contributed by atoms with Crippen LogP contribution in [0.3, 0.4) is 0 Å². The van der Waals surface area contributed by atoms with Crippen molar-refractivity contribution >= 4 is 22.6 Å². The highest BCUT2D eigenvalue weighted by molar-refractivity contribution is 5.98. The highest BCUT2D eigenvalue weighted by atomic mass is 16.2. The van der Waals surface area contributed by atoms with Crippen LogP contribution in [-0.4, -0.2) is 48.9 Å². The molecule has 156 valence electrons. The van der Waals surface area contributed by atoms with Gasteiger partial charge in [-0.05, 0) is 68.6 Å². The molecule has 1 aliphatic heterocycles. The molecule has 1 atom stereocenters. The van der Waals surface area contributed by atoms with Crippen LogP contribution in [-0.2, 0) is 4.79 Å². The van der Waals surface area contributed by atoms with E-state index in [-0.39, 0.29) is 11.8 Å². The van der Waals surface area contributed by atoms with Crippen molar-refractivity contribution in [3.05, 3.63) is 48.0 Å². The molecule has 0 aliphatic carbocycles. The molecule has 0 radical (unpaired) electrons. The molecule has 0 aromatic heterocycles. The summed E-state index contributed by atoms with van der Waals surface area (Å²) in [6, 6.07) is 14.3. The molecule has 2 N–H and O–H groups in total. The Morgan fingerprint density at radius 1 is 1.00 bits per heavy atom. The number of amides is 2. The van der Waals surface area contributed by atoms with Crippen LogP contribution < -0.4 is 10.6 Å². The van der Waals surface area contributed by atoms with Gasteiger partial charge in [-0.1, -0.05) is 36.8 Å². The topological polar surface area (TPSA) is 61.4 Å². The standard InChI is InChI=1S/C24H33N3O2/c1-19-8-4-6-16-27(19)17-7-5-14-25-23(28)13-15-26-24(29)22-12-11-20-9-2-3-10-21(20)18-22/h2-3,9-12,18-19H,4-8,13-17H2,1H3,(H,25,28)(H,26,29). The van der Waals surface area contributed by atoms with E-state index in [0.717, 1.165) is 30.2 Å². The molecular formula is C24H33N3O2. The van der Waals surface area contributed by atoms with Crippen LogP contribution in [0.1, 0.15) is 55.8 Å². The van der Waals surface area contributed by atoms with Crippen molar-refractivity contribution in [1.82, 2.24) is 15.5 Å². The van der Waals surface area contributed by atoms with Crippen molar-refractivity contribution in [2.75, 3.05) is 26.2 Å². The number of nitrogens with one attached hydrogen (secondary N) is 2. The lowest BCUT2D eigenvalue weighted by atomic mass is 10.0. The van der Waals surface area contributed by atoms with Gasteiger partial charge in [0, 0.05) is 31.1 Å². The van der Waals surface area contributed by atoms with Gasteiger partial charge in [-0.3, -0.25) is 9.59 Å². The molecule has 1 aliphatic rings. The van der Waals surface area contributed by atoms with Crippen LogP contribution in [0, 0.1) is 0 Å². The van der Waals surface area contributed by atoms with E-state index in [9.17, 15) is 9.59 Å². The second kappa shape index (κ2) is 11.0. The molecule has 29 heavy (non-hydrogen) atoms. The van der Waals surface area contributed by atoms with E-state index in [1.54, 1.807) is 0 Å². The molecule has 1 fully saturated rings. The lowest BCUT2D eigenvalue weighted by Gasteiger charge is -2.33. The van der Waals surface area contributed by atoms with E-state index in [1.807, 2.05) is 42.5 Å². The van der Waals surface area contributed by atoms with Gasteiger partial charge < -0.3 is 15.5 Å². The molecule has 2 amide bonds. The summed E-state index contributed by atoms with van der Waals surface area (Å²) in [6.07, 6.45) is 6.39. The Balaban J connectivity index is 1.28. The van der Waals surface area contributed by atoms with Crippen LogP contribution in [0.5, 0.6) is 0 Å². The fraction of sp³-hybridized carbons (Fsp3) is 0.500. The Bertz CT molecular complexity index is 821. The van der Waals surface area contributed by atoms with Gasteiger partial charge in [0.05, 0.1) is 0 Å². The van der Waals surface area contributed by atoms with Crippen molar-refractivity contribution in [2.45, 2.75) is 51.5 Å².